The molecule has 4 heteroatoms. The molecule has 1 saturated heterocycles. The van der Waals surface area contributed by atoms with E-state index in [-0.39, 0.29) is 6.04 Å². The minimum absolute atomic E-state index is 0.271. The van der Waals surface area contributed by atoms with Crippen LogP contribution in [0.25, 0.3) is 0 Å². The highest BCUT2D eigenvalue weighted by molar-refractivity contribution is 7.10. The van der Waals surface area contributed by atoms with E-state index in [2.05, 4.69) is 58.5 Å². The van der Waals surface area contributed by atoms with Crippen LogP contribution in [0.15, 0.2) is 41.8 Å². The summed E-state index contributed by atoms with van der Waals surface area (Å²) < 4.78 is 0. The Morgan fingerprint density at radius 1 is 1.19 bits per heavy atom. The summed E-state index contributed by atoms with van der Waals surface area (Å²) in [6.07, 6.45) is 5.48. The van der Waals surface area contributed by atoms with E-state index in [0.717, 1.165) is 32.4 Å². The van der Waals surface area contributed by atoms with Crippen molar-refractivity contribution in [1.82, 2.24) is 9.80 Å². The molecule has 0 bridgehead atoms. The summed E-state index contributed by atoms with van der Waals surface area (Å²) in [5.74, 6) is 0.314. The molecule has 0 spiro atoms. The molecule has 3 heterocycles. The number of benzene rings is 1. The first-order valence-corrected chi connectivity index (χ1v) is 10.8. The molecule has 2 aromatic rings. The Balaban J connectivity index is 1.42. The Morgan fingerprint density at radius 2 is 2.04 bits per heavy atom. The number of likely N-dealkylation sites (tertiary alicyclic amines) is 1. The lowest BCUT2D eigenvalue weighted by molar-refractivity contribution is -0.135. The Morgan fingerprint density at radius 3 is 2.85 bits per heavy atom. The van der Waals surface area contributed by atoms with E-state index >= 15 is 0 Å². The Labute approximate surface area is 160 Å². The number of fused-ring (bicyclic) bond motifs is 1. The van der Waals surface area contributed by atoms with E-state index in [1.54, 1.807) is 0 Å². The third-order valence-corrected chi connectivity index (χ3v) is 6.95. The Bertz CT molecular complexity index is 742. The van der Waals surface area contributed by atoms with Crippen molar-refractivity contribution in [3.63, 3.8) is 0 Å². The lowest BCUT2D eigenvalue weighted by Crippen LogP contribution is -2.46. The van der Waals surface area contributed by atoms with Crippen LogP contribution in [0, 0.1) is 0 Å². The molecule has 0 radical (unpaired) electrons. The zero-order chi connectivity index (χ0) is 17.9. The highest BCUT2D eigenvalue weighted by Gasteiger charge is 2.33. The number of nitrogens with zero attached hydrogens (tertiary/aromatic N) is 2. The van der Waals surface area contributed by atoms with Crippen molar-refractivity contribution in [2.45, 2.75) is 51.1 Å². The number of hydrogen-bond acceptors (Lipinski definition) is 3. The monoisotopic (exact) mass is 368 g/mol. The van der Waals surface area contributed by atoms with E-state index in [9.17, 15) is 4.79 Å². The average Bonchev–Trinajstić information content (AvgIpc) is 3.31. The molecule has 0 N–H and O–H groups in total. The van der Waals surface area contributed by atoms with Crippen LogP contribution in [0.5, 0.6) is 0 Å². The summed E-state index contributed by atoms with van der Waals surface area (Å²) in [6, 6.07) is 13.7. The number of rotatable bonds is 5. The summed E-state index contributed by atoms with van der Waals surface area (Å²) in [6.45, 7) is 4.71. The van der Waals surface area contributed by atoms with Gasteiger partial charge in [-0.2, -0.15) is 0 Å². The van der Waals surface area contributed by atoms with E-state index < -0.39 is 0 Å². The number of carbonyl (C=O) groups is 1. The first kappa shape index (κ1) is 17.7. The molecule has 2 aliphatic heterocycles. The molecule has 1 aromatic heterocycles. The van der Waals surface area contributed by atoms with Gasteiger partial charge in [0.1, 0.15) is 0 Å². The molecular formula is C22H28N2OS. The molecule has 3 nitrogen and oxygen atoms in total. The van der Waals surface area contributed by atoms with Crippen LogP contribution >= 0.6 is 11.3 Å². The number of carbonyl (C=O) groups excluding carboxylic acids is 1. The van der Waals surface area contributed by atoms with Crippen molar-refractivity contribution in [2.75, 3.05) is 19.6 Å². The van der Waals surface area contributed by atoms with Gasteiger partial charge >= 0.3 is 0 Å². The van der Waals surface area contributed by atoms with Gasteiger partial charge in [-0.25, -0.2) is 0 Å². The van der Waals surface area contributed by atoms with E-state index in [1.807, 2.05) is 11.3 Å². The summed E-state index contributed by atoms with van der Waals surface area (Å²) in [4.78, 5) is 19.2. The molecule has 0 saturated carbocycles. The van der Waals surface area contributed by atoms with Crippen LogP contribution in [-0.2, 0) is 17.6 Å². The van der Waals surface area contributed by atoms with Crippen LogP contribution in [0.3, 0.4) is 0 Å². The number of hydrogen-bond donors (Lipinski definition) is 0. The molecule has 1 fully saturated rings. The standard InChI is InChI=1S/C22H28N2OS/c1-2-20-19-11-14-26-21(19)10-13-24(20)22(25)16-23-12-6-9-18(23)15-17-7-4-3-5-8-17/h3-5,7-8,11,14,18,20H,2,6,9-10,12-13,15-16H2,1H3. The quantitative estimate of drug-likeness (QED) is 0.786. The van der Waals surface area contributed by atoms with Gasteiger partial charge in [0.2, 0.25) is 5.91 Å². The van der Waals surface area contributed by atoms with Crippen LogP contribution in [-0.4, -0.2) is 41.4 Å². The fourth-order valence-electron chi connectivity index (χ4n) is 4.62. The van der Waals surface area contributed by atoms with Gasteiger partial charge in [0.15, 0.2) is 0 Å². The van der Waals surface area contributed by atoms with Gasteiger partial charge in [-0.3, -0.25) is 9.69 Å². The maximum absolute atomic E-state index is 13.1. The predicted octanol–water partition coefficient (Wildman–Crippen LogP) is 4.29. The SMILES string of the molecule is CCC1c2ccsc2CCN1C(=O)CN1CCCC1Cc1ccccc1. The second kappa shape index (κ2) is 7.93. The van der Waals surface area contributed by atoms with Crippen LogP contribution < -0.4 is 0 Å². The van der Waals surface area contributed by atoms with E-state index in [4.69, 9.17) is 0 Å². The zero-order valence-corrected chi connectivity index (χ0v) is 16.4. The lowest BCUT2D eigenvalue weighted by atomic mass is 9.97. The van der Waals surface area contributed by atoms with Gasteiger partial charge in [-0.15, -0.1) is 11.3 Å². The van der Waals surface area contributed by atoms with Crippen molar-refractivity contribution in [3.8, 4) is 0 Å². The summed E-state index contributed by atoms with van der Waals surface area (Å²) in [5.41, 5.74) is 2.77. The van der Waals surface area contributed by atoms with Crippen molar-refractivity contribution in [2.24, 2.45) is 0 Å². The summed E-state index contributed by atoms with van der Waals surface area (Å²) >= 11 is 1.84. The molecule has 2 unspecified atom stereocenters. The maximum atomic E-state index is 13.1. The summed E-state index contributed by atoms with van der Waals surface area (Å²) in [7, 11) is 0. The highest BCUT2D eigenvalue weighted by atomic mass is 32.1. The molecule has 2 atom stereocenters. The minimum atomic E-state index is 0.271. The second-order valence-corrected chi connectivity index (χ2v) is 8.52. The first-order chi connectivity index (χ1) is 12.8. The van der Waals surface area contributed by atoms with Gasteiger partial charge in [0.05, 0.1) is 12.6 Å². The van der Waals surface area contributed by atoms with Crippen molar-refractivity contribution >= 4 is 17.2 Å². The molecule has 1 amide bonds. The van der Waals surface area contributed by atoms with Crippen LogP contribution in [0.2, 0.25) is 0 Å². The topological polar surface area (TPSA) is 23.6 Å². The zero-order valence-electron chi connectivity index (χ0n) is 15.6. The molecule has 4 rings (SSSR count). The molecule has 1 aromatic carbocycles. The lowest BCUT2D eigenvalue weighted by Gasteiger charge is -2.37. The van der Waals surface area contributed by atoms with Crippen LogP contribution in [0.4, 0.5) is 0 Å². The highest BCUT2D eigenvalue weighted by Crippen LogP contribution is 2.35. The van der Waals surface area contributed by atoms with E-state index in [0.29, 0.717) is 18.5 Å². The predicted molar refractivity (Wildman–Crippen MR) is 108 cm³/mol. The van der Waals surface area contributed by atoms with Crippen molar-refractivity contribution < 1.29 is 4.79 Å². The first-order valence-electron chi connectivity index (χ1n) is 9.90. The second-order valence-electron chi connectivity index (χ2n) is 7.52. The van der Waals surface area contributed by atoms with Gasteiger partial charge in [0, 0.05) is 17.5 Å². The third-order valence-electron chi connectivity index (χ3n) is 5.95. The van der Waals surface area contributed by atoms with E-state index in [1.165, 1.54) is 28.8 Å². The van der Waals surface area contributed by atoms with Gasteiger partial charge in [-0.1, -0.05) is 37.3 Å². The summed E-state index contributed by atoms with van der Waals surface area (Å²) in [5, 5.41) is 2.18. The molecule has 2 aliphatic rings. The fraction of sp³-hybridized carbons (Fsp3) is 0.500. The maximum Gasteiger partial charge on any atom is 0.237 e. The molecule has 0 aliphatic carbocycles. The largest absolute Gasteiger partial charge is 0.334 e. The Hall–Kier alpha value is -1.65. The van der Waals surface area contributed by atoms with Crippen LogP contribution in [0.1, 0.15) is 48.2 Å². The van der Waals surface area contributed by atoms with Gasteiger partial charge in [-0.05, 0) is 61.2 Å². The number of thiophene rings is 1. The van der Waals surface area contributed by atoms with Gasteiger partial charge in [0.25, 0.3) is 0 Å². The van der Waals surface area contributed by atoms with Crippen molar-refractivity contribution in [1.29, 1.82) is 0 Å². The smallest absolute Gasteiger partial charge is 0.237 e. The molecular weight excluding hydrogens is 340 g/mol. The number of amides is 1. The van der Waals surface area contributed by atoms with Crippen molar-refractivity contribution in [3.05, 3.63) is 57.8 Å². The molecule has 26 heavy (non-hydrogen) atoms. The fourth-order valence-corrected chi connectivity index (χ4v) is 5.55. The average molecular weight is 369 g/mol. The minimum Gasteiger partial charge on any atom is -0.334 e. The van der Waals surface area contributed by atoms with Gasteiger partial charge < -0.3 is 4.90 Å². The molecule has 138 valence electrons. The third kappa shape index (κ3) is 3.58. The normalized spacial score (nSPS) is 23.2. The Kier molecular flexibility index (Phi) is 5.41.